The van der Waals surface area contributed by atoms with Crippen LogP contribution in [-0.2, 0) is 27.2 Å². The molecule has 0 bridgehead atoms. The molecule has 0 saturated carbocycles. The summed E-state index contributed by atoms with van der Waals surface area (Å²) in [6, 6.07) is 0. The quantitative estimate of drug-likeness (QED) is 0.119. The Bertz CT molecular complexity index is 2070. The van der Waals surface area contributed by atoms with Crippen molar-refractivity contribution in [3.8, 4) is 0 Å². The van der Waals surface area contributed by atoms with Crippen LogP contribution in [0.4, 0.5) is 11.6 Å². The Morgan fingerprint density at radius 1 is 0.524 bits per heavy atom. The molecule has 4 aromatic heterocycles. The number of fused-ring (bicyclic) bond motifs is 2. The number of nitrogens with one attached hydrogen (secondary N) is 1. The first-order valence-corrected chi connectivity index (χ1v) is 34.4. The minimum Gasteiger partial charge on any atom is -0.414 e. The van der Waals surface area contributed by atoms with Gasteiger partial charge in [-0.1, -0.05) is 83.1 Å². The van der Waals surface area contributed by atoms with Gasteiger partial charge in [0.25, 0.3) is 0 Å². The molecule has 0 aromatic carbocycles. The van der Waals surface area contributed by atoms with Crippen molar-refractivity contribution in [3.05, 3.63) is 25.3 Å². The summed E-state index contributed by atoms with van der Waals surface area (Å²) in [6.07, 6.45) is 6.48. The van der Waals surface area contributed by atoms with Gasteiger partial charge in [-0.3, -0.25) is 9.13 Å². The highest BCUT2D eigenvalue weighted by molar-refractivity contribution is 6.75. The van der Waals surface area contributed by atoms with Crippen LogP contribution in [0.1, 0.15) is 108 Å². The number of ether oxygens (including phenoxy) is 2. The molecule has 19 heteroatoms. The second-order valence-corrected chi connectivity index (χ2v) is 43.1. The van der Waals surface area contributed by atoms with Gasteiger partial charge in [-0.15, -0.1) is 0 Å². The van der Waals surface area contributed by atoms with Crippen LogP contribution in [0.3, 0.4) is 0 Å². The van der Waals surface area contributed by atoms with Gasteiger partial charge in [0.05, 0.1) is 38.1 Å². The van der Waals surface area contributed by atoms with E-state index < -0.39 is 33.3 Å². The van der Waals surface area contributed by atoms with Crippen LogP contribution in [0, 0.1) is 0 Å². The van der Waals surface area contributed by atoms with Gasteiger partial charge >= 0.3 is 0 Å². The molecule has 2 fully saturated rings. The third kappa shape index (κ3) is 10.4. The molecule has 2 saturated heterocycles. The van der Waals surface area contributed by atoms with E-state index in [0.717, 1.165) is 0 Å². The highest BCUT2D eigenvalue weighted by atomic mass is 28.4. The summed E-state index contributed by atoms with van der Waals surface area (Å²) in [7, 11) is -8.35. The fourth-order valence-corrected chi connectivity index (χ4v) is 11.6. The van der Waals surface area contributed by atoms with E-state index in [1.165, 1.54) is 12.7 Å². The summed E-state index contributed by atoms with van der Waals surface area (Å²) in [5.41, 5.74) is 2.46. The lowest BCUT2D eigenvalue weighted by Gasteiger charge is -2.40. The van der Waals surface area contributed by atoms with Gasteiger partial charge in [0, 0.05) is 12.8 Å². The van der Waals surface area contributed by atoms with Crippen LogP contribution in [0.2, 0.25) is 72.5 Å². The van der Waals surface area contributed by atoms with Crippen molar-refractivity contribution in [1.29, 1.82) is 0 Å². The van der Waals surface area contributed by atoms with E-state index in [0.29, 0.717) is 60.0 Å². The summed E-state index contributed by atoms with van der Waals surface area (Å²) in [4.78, 5) is 28.4. The van der Waals surface area contributed by atoms with Crippen molar-refractivity contribution < 1.29 is 27.2 Å². The smallest absolute Gasteiger partial charge is 0.192 e. The molecule has 0 aliphatic carbocycles. The number of imidazole rings is 2. The number of aromatic nitrogens is 8. The molecule has 6 atom stereocenters. The van der Waals surface area contributed by atoms with Gasteiger partial charge in [0.15, 0.2) is 67.2 Å². The molecule has 1 N–H and O–H groups in total. The van der Waals surface area contributed by atoms with Crippen molar-refractivity contribution in [2.45, 2.75) is 205 Å². The van der Waals surface area contributed by atoms with E-state index >= 15 is 0 Å². The average Bonchev–Trinajstić information content (AvgIpc) is 3.93. The molecule has 0 unspecified atom stereocenters. The molecule has 6 heterocycles. The molecular weight excluding hydrogens is 863 g/mol. The predicted molar refractivity (Wildman–Crippen MR) is 261 cm³/mol. The van der Waals surface area contributed by atoms with Crippen molar-refractivity contribution in [3.63, 3.8) is 0 Å². The first kappa shape index (κ1) is 50.0. The number of hydrogen-bond donors (Lipinski definition) is 1. The van der Waals surface area contributed by atoms with E-state index in [1.807, 2.05) is 9.13 Å². The van der Waals surface area contributed by atoms with Crippen LogP contribution >= 0.6 is 0 Å². The second kappa shape index (κ2) is 17.3. The summed E-state index contributed by atoms with van der Waals surface area (Å²) >= 11 is 0. The molecule has 63 heavy (non-hydrogen) atoms. The zero-order valence-electron chi connectivity index (χ0n) is 42.1. The highest BCUT2D eigenvalue weighted by Crippen LogP contribution is 2.45. The number of nitrogens with zero attached hydrogens (tertiary/aromatic N) is 8. The Morgan fingerprint density at radius 2 is 0.857 bits per heavy atom. The molecular formula is C44H79N9O6Si4. The minimum absolute atomic E-state index is 0.0430. The van der Waals surface area contributed by atoms with Crippen molar-refractivity contribution >= 4 is 67.2 Å². The number of rotatable bonds is 14. The van der Waals surface area contributed by atoms with Gasteiger partial charge in [-0.2, -0.15) is 0 Å². The third-order valence-electron chi connectivity index (χ3n) is 15.3. The molecule has 6 rings (SSSR count). The monoisotopic (exact) mass is 942 g/mol. The van der Waals surface area contributed by atoms with Crippen LogP contribution < -0.4 is 5.32 Å². The zero-order valence-corrected chi connectivity index (χ0v) is 46.1. The normalized spacial score (nSPS) is 23.7. The van der Waals surface area contributed by atoms with Gasteiger partial charge < -0.3 is 32.5 Å². The maximum Gasteiger partial charge on any atom is 0.192 e. The summed E-state index contributed by atoms with van der Waals surface area (Å²) in [5, 5.41) is 3.66. The lowest BCUT2D eigenvalue weighted by molar-refractivity contribution is -0.0383. The Morgan fingerprint density at radius 3 is 1.17 bits per heavy atom. The van der Waals surface area contributed by atoms with Gasteiger partial charge in [0.1, 0.15) is 37.3 Å². The average molecular weight is 943 g/mol. The van der Waals surface area contributed by atoms with E-state index in [2.05, 4.69) is 151 Å². The van der Waals surface area contributed by atoms with Crippen LogP contribution in [-0.4, -0.2) is 110 Å². The largest absolute Gasteiger partial charge is 0.414 e. The SMILES string of the molecule is CC(C)(C)[Si](C)(C)OC[C@H]1O[C@@H](n2cnc3c(Nc4ncnc5c4ncn5[C@H]4C[C@H](O[Si](C)(C)C(C)(C)C)[C@@H](CO[Si](C)(C)C(C)(C)C)O4)ncnc32)C[C@@H]1O[Si](C)(C)C(C)(C)C. The molecule has 2 aliphatic rings. The Hall–Kier alpha value is -2.47. The highest BCUT2D eigenvalue weighted by Gasteiger charge is 2.49. The van der Waals surface area contributed by atoms with E-state index in [-0.39, 0.29) is 57.0 Å². The molecule has 0 spiro atoms. The molecule has 0 radical (unpaired) electrons. The van der Waals surface area contributed by atoms with Crippen LogP contribution in [0.25, 0.3) is 22.3 Å². The second-order valence-electron chi connectivity index (χ2n) is 23.9. The van der Waals surface area contributed by atoms with Crippen molar-refractivity contribution in [2.75, 3.05) is 18.5 Å². The Kier molecular flexibility index (Phi) is 13.7. The molecule has 15 nitrogen and oxygen atoms in total. The summed E-state index contributed by atoms with van der Waals surface area (Å²) in [5.74, 6) is 1.00. The molecule has 352 valence electrons. The Balaban J connectivity index is 1.25. The zero-order chi connectivity index (χ0) is 46.9. The van der Waals surface area contributed by atoms with E-state index in [4.69, 9.17) is 47.1 Å². The molecule has 4 aromatic rings. The lowest BCUT2D eigenvalue weighted by Crippen LogP contribution is -2.48. The molecule has 0 amide bonds. The number of hydrogen-bond acceptors (Lipinski definition) is 13. The summed E-state index contributed by atoms with van der Waals surface area (Å²) in [6.45, 7) is 46.4. The Labute approximate surface area is 381 Å². The van der Waals surface area contributed by atoms with Crippen LogP contribution in [0.15, 0.2) is 25.3 Å². The summed E-state index contributed by atoms with van der Waals surface area (Å²) < 4.78 is 45.3. The van der Waals surface area contributed by atoms with Gasteiger partial charge in [-0.25, -0.2) is 29.9 Å². The lowest BCUT2D eigenvalue weighted by atomic mass is 10.2. The van der Waals surface area contributed by atoms with Crippen LogP contribution in [0.5, 0.6) is 0 Å². The minimum atomic E-state index is -2.14. The maximum absolute atomic E-state index is 7.06. The topological polar surface area (TPSA) is 155 Å². The van der Waals surface area contributed by atoms with Crippen molar-refractivity contribution in [2.24, 2.45) is 0 Å². The first-order valence-electron chi connectivity index (χ1n) is 22.8. The van der Waals surface area contributed by atoms with Gasteiger partial charge in [0.2, 0.25) is 0 Å². The first-order chi connectivity index (χ1) is 28.7. The third-order valence-corrected chi connectivity index (χ3v) is 33.3. The van der Waals surface area contributed by atoms with Gasteiger partial charge in [-0.05, 0) is 72.5 Å². The number of anilines is 2. The van der Waals surface area contributed by atoms with E-state index in [1.54, 1.807) is 12.7 Å². The molecule has 2 aliphatic heterocycles. The predicted octanol–water partition coefficient (Wildman–Crippen LogP) is 11.1. The fourth-order valence-electron chi connectivity index (χ4n) is 6.84. The fraction of sp³-hybridized carbons (Fsp3) is 0.773. The van der Waals surface area contributed by atoms with Crippen molar-refractivity contribution in [1.82, 2.24) is 39.0 Å². The van der Waals surface area contributed by atoms with E-state index in [9.17, 15) is 0 Å². The maximum atomic E-state index is 7.06. The standard InChI is InChI=1S/C44H79N9O6Si4/c1-41(2,3)60(13,14)54-23-31-29(58-62(17,18)43(7,8)9)21-33(56-31)52-27-49-35-37(45-25-47-39(35)52)51-38-36-40(48-26-46-38)53(28-50-36)34-22-30(59-63(19,20)44(10,11)12)32(57-34)24-55-61(15,16)42(4,5)6/h25-34H,21-24H2,1-20H3,(H,45,46,47,48,51)/t29-,30-,31+,32+,33+,34+/m0/s1.